The Bertz CT molecular complexity index is 1560. The van der Waals surface area contributed by atoms with Crippen molar-refractivity contribution in [2.75, 3.05) is 7.11 Å². The molecule has 0 aliphatic carbocycles. The minimum absolute atomic E-state index is 0.152. The fourth-order valence-electron chi connectivity index (χ4n) is 3.98. The van der Waals surface area contributed by atoms with Crippen LogP contribution in [-0.4, -0.2) is 36.2 Å². The molecular weight excluding hydrogens is 642 g/mol. The minimum atomic E-state index is -1.00. The van der Waals surface area contributed by atoms with Crippen molar-refractivity contribution < 1.29 is 9.53 Å². The van der Waals surface area contributed by atoms with E-state index in [4.69, 9.17) is 4.74 Å². The predicted octanol–water partition coefficient (Wildman–Crippen LogP) is 5.69. The normalized spacial score (nSPS) is 19.3. The molecule has 190 valence electrons. The van der Waals surface area contributed by atoms with Crippen LogP contribution in [0.3, 0.4) is 0 Å². The summed E-state index contributed by atoms with van der Waals surface area (Å²) in [5.74, 6) is 0.511. The third-order valence-corrected chi connectivity index (χ3v) is 11.3. The Morgan fingerprint density at radius 1 is 1.14 bits per heavy atom. The van der Waals surface area contributed by atoms with E-state index in [0.717, 1.165) is 22.7 Å². The van der Waals surface area contributed by atoms with E-state index in [1.54, 1.807) is 11.8 Å². The molecule has 12 heteroatoms. The number of aliphatic imine (C=N–C) groups is 1. The molecule has 1 saturated heterocycles. The maximum atomic E-state index is 13.3. The zero-order valence-corrected chi connectivity index (χ0v) is 24.7. The zero-order valence-electron chi connectivity index (χ0n) is 19.9. The number of alkyl halides is 2. The van der Waals surface area contributed by atoms with Crippen LogP contribution in [0.25, 0.3) is 16.9 Å². The Hall–Kier alpha value is -2.67. The quantitative estimate of drug-likeness (QED) is 0.268. The van der Waals surface area contributed by atoms with Gasteiger partial charge in [0, 0.05) is 18.1 Å². The number of nitrogens with one attached hydrogen (secondary N) is 1. The Balaban J connectivity index is 1.41. The Labute approximate surface area is 238 Å². The van der Waals surface area contributed by atoms with Crippen molar-refractivity contribution in [3.63, 3.8) is 0 Å². The van der Waals surface area contributed by atoms with Gasteiger partial charge in [0.1, 0.15) is 5.75 Å². The van der Waals surface area contributed by atoms with Gasteiger partial charge in [-0.3, -0.25) is 14.3 Å². The Kier molecular flexibility index (Phi) is 7.18. The van der Waals surface area contributed by atoms with Gasteiger partial charge in [0.2, 0.25) is 5.13 Å². The van der Waals surface area contributed by atoms with Crippen LogP contribution in [0.15, 0.2) is 69.8 Å². The van der Waals surface area contributed by atoms with Crippen molar-refractivity contribution in [2.45, 2.75) is 15.4 Å². The standard InChI is InChI=1S/C25H21Br2N5O3S2/c1-14-19(21(33)32(31(14)2)16-7-5-4-6-8-16)18-13-36-23(28-18)30-24-29-22(34)25(27,37-24)20(26)15-9-11-17(35-3)12-10-15/h4-13,20H,1-3H3,(H,28,29,30,34). The maximum Gasteiger partial charge on any atom is 0.281 e. The lowest BCUT2D eigenvalue weighted by Crippen LogP contribution is -2.34. The molecule has 2 aromatic heterocycles. The summed E-state index contributed by atoms with van der Waals surface area (Å²) in [5.41, 5.74) is 3.40. The Morgan fingerprint density at radius 2 is 1.84 bits per heavy atom. The lowest BCUT2D eigenvalue weighted by atomic mass is 10.1. The first kappa shape index (κ1) is 26.0. The van der Waals surface area contributed by atoms with E-state index in [9.17, 15) is 9.59 Å². The van der Waals surface area contributed by atoms with Crippen molar-refractivity contribution in [1.82, 2.24) is 19.7 Å². The second kappa shape index (κ2) is 10.2. The van der Waals surface area contributed by atoms with Crippen molar-refractivity contribution in [3.8, 4) is 22.7 Å². The number of thioether (sulfide) groups is 1. The van der Waals surface area contributed by atoms with Gasteiger partial charge in [-0.05, 0) is 36.8 Å². The molecule has 1 N–H and O–H groups in total. The highest BCUT2D eigenvalue weighted by atomic mass is 79.9. The number of hydrogen-bond acceptors (Lipinski definition) is 7. The van der Waals surface area contributed by atoms with Crippen LogP contribution in [0.1, 0.15) is 16.1 Å². The first-order valence-corrected chi connectivity index (χ1v) is 14.5. The number of thiazole rings is 1. The highest BCUT2D eigenvalue weighted by molar-refractivity contribution is 9.14. The number of hydrogen-bond donors (Lipinski definition) is 1. The molecule has 2 aromatic carbocycles. The van der Waals surface area contributed by atoms with E-state index in [2.05, 4.69) is 47.2 Å². The predicted molar refractivity (Wildman–Crippen MR) is 156 cm³/mol. The average molecular weight is 663 g/mol. The summed E-state index contributed by atoms with van der Waals surface area (Å²) < 4.78 is 7.67. The van der Waals surface area contributed by atoms with Crippen LogP contribution in [0.2, 0.25) is 0 Å². The van der Waals surface area contributed by atoms with Crippen molar-refractivity contribution in [1.29, 1.82) is 0 Å². The highest BCUT2D eigenvalue weighted by Gasteiger charge is 2.50. The summed E-state index contributed by atoms with van der Waals surface area (Å²) in [6, 6.07) is 17.0. The van der Waals surface area contributed by atoms with Crippen molar-refractivity contribution in [3.05, 3.63) is 81.6 Å². The number of para-hydroxylation sites is 1. The molecule has 1 aliphatic rings. The SMILES string of the molecule is COc1ccc(C(Br)C2(Br)S/C(=N/c3nc(-c4c(C)n(C)n(-c5ccccc5)c4=O)cs3)NC2=O)cc1. The molecule has 0 bridgehead atoms. The molecule has 8 nitrogen and oxygen atoms in total. The monoisotopic (exact) mass is 661 g/mol. The number of aromatic nitrogens is 3. The van der Waals surface area contributed by atoms with E-state index in [-0.39, 0.29) is 16.3 Å². The highest BCUT2D eigenvalue weighted by Crippen LogP contribution is 2.52. The molecule has 1 fully saturated rings. The van der Waals surface area contributed by atoms with E-state index in [1.807, 2.05) is 78.6 Å². The molecule has 37 heavy (non-hydrogen) atoms. The smallest absolute Gasteiger partial charge is 0.281 e. The molecule has 2 unspecified atom stereocenters. The zero-order chi connectivity index (χ0) is 26.3. The van der Waals surface area contributed by atoms with Crippen molar-refractivity contribution >= 4 is 71.2 Å². The second-order valence-electron chi connectivity index (χ2n) is 8.21. The van der Waals surface area contributed by atoms with Gasteiger partial charge in [0.15, 0.2) is 8.82 Å². The first-order chi connectivity index (χ1) is 17.7. The Morgan fingerprint density at radius 3 is 2.51 bits per heavy atom. The van der Waals surface area contributed by atoms with E-state index >= 15 is 0 Å². The van der Waals surface area contributed by atoms with Gasteiger partial charge in [-0.25, -0.2) is 9.67 Å². The van der Waals surface area contributed by atoms with E-state index in [0.29, 0.717) is 21.6 Å². The number of carbonyl (C=O) groups is 1. The van der Waals surface area contributed by atoms with Gasteiger partial charge in [-0.1, -0.05) is 74.0 Å². The molecule has 0 spiro atoms. The second-order valence-corrected chi connectivity index (χ2v) is 13.0. The summed E-state index contributed by atoms with van der Waals surface area (Å²) in [6.45, 7) is 1.89. The minimum Gasteiger partial charge on any atom is -0.497 e. The number of halogens is 2. The number of amidine groups is 1. The largest absolute Gasteiger partial charge is 0.497 e. The van der Waals surface area contributed by atoms with Crippen molar-refractivity contribution in [2.24, 2.45) is 12.0 Å². The number of ether oxygens (including phenoxy) is 1. The number of carbonyl (C=O) groups excluding carboxylic acids is 1. The molecule has 3 heterocycles. The summed E-state index contributed by atoms with van der Waals surface area (Å²) in [4.78, 5) is 35.1. The lowest BCUT2D eigenvalue weighted by molar-refractivity contribution is -0.119. The molecule has 5 rings (SSSR count). The van der Waals surface area contributed by atoms with Crippen LogP contribution in [-0.2, 0) is 11.8 Å². The number of benzene rings is 2. The molecule has 2 atom stereocenters. The van der Waals surface area contributed by atoms with Crippen LogP contribution in [0.5, 0.6) is 5.75 Å². The summed E-state index contributed by atoms with van der Waals surface area (Å²) in [6.07, 6.45) is 0. The van der Waals surface area contributed by atoms with Crippen LogP contribution in [0.4, 0.5) is 5.13 Å². The fourth-order valence-corrected chi connectivity index (χ4v) is 7.28. The summed E-state index contributed by atoms with van der Waals surface area (Å²) in [5, 5.41) is 5.52. The van der Waals surface area contributed by atoms with Crippen LogP contribution >= 0.6 is 55.0 Å². The van der Waals surface area contributed by atoms with Crippen LogP contribution in [0, 0.1) is 6.92 Å². The first-order valence-electron chi connectivity index (χ1n) is 11.1. The number of methoxy groups -OCH3 is 1. The molecule has 1 aliphatic heterocycles. The van der Waals surface area contributed by atoms with Gasteiger partial charge < -0.3 is 10.1 Å². The summed E-state index contributed by atoms with van der Waals surface area (Å²) in [7, 11) is 3.46. The van der Waals surface area contributed by atoms with Gasteiger partial charge in [0.25, 0.3) is 11.5 Å². The number of amides is 1. The van der Waals surface area contributed by atoms with Gasteiger partial charge in [-0.15, -0.1) is 11.3 Å². The third-order valence-electron chi connectivity index (χ3n) is 6.01. The van der Waals surface area contributed by atoms with Gasteiger partial charge in [0.05, 0.1) is 28.9 Å². The number of nitrogens with zero attached hydrogens (tertiary/aromatic N) is 4. The molecule has 1 amide bonds. The molecule has 0 radical (unpaired) electrons. The molecule has 0 saturated carbocycles. The summed E-state index contributed by atoms with van der Waals surface area (Å²) >= 11 is 9.87. The topological polar surface area (TPSA) is 90.5 Å². The van der Waals surface area contributed by atoms with Gasteiger partial charge in [-0.2, -0.15) is 4.99 Å². The molecule has 4 aromatic rings. The van der Waals surface area contributed by atoms with E-state index in [1.165, 1.54) is 23.1 Å². The average Bonchev–Trinajstić information content (AvgIpc) is 3.54. The van der Waals surface area contributed by atoms with E-state index < -0.39 is 3.66 Å². The third kappa shape index (κ3) is 4.71. The van der Waals surface area contributed by atoms with Crippen LogP contribution < -0.4 is 15.6 Å². The van der Waals surface area contributed by atoms with Gasteiger partial charge >= 0.3 is 0 Å². The lowest BCUT2D eigenvalue weighted by Gasteiger charge is -2.23. The maximum absolute atomic E-state index is 13.3. The molecular formula is C25H21Br2N5O3S2. The number of rotatable bonds is 6. The fraction of sp³-hybridized carbons (Fsp3) is 0.200.